The Morgan fingerprint density at radius 3 is 2.42 bits per heavy atom. The summed E-state index contributed by atoms with van der Waals surface area (Å²) in [5.41, 5.74) is -0.991. The van der Waals surface area contributed by atoms with Gasteiger partial charge in [0.05, 0.1) is 30.9 Å². The van der Waals surface area contributed by atoms with E-state index in [1.165, 1.54) is 16.0 Å². The third-order valence-corrected chi connectivity index (χ3v) is 5.72. The van der Waals surface area contributed by atoms with Crippen molar-refractivity contribution in [3.05, 3.63) is 60.2 Å². The Kier molecular flexibility index (Phi) is 7.34. The highest BCUT2D eigenvalue weighted by Crippen LogP contribution is 2.31. The molecule has 2 aromatic heterocycles. The van der Waals surface area contributed by atoms with E-state index in [1.54, 1.807) is 42.5 Å². The molecule has 0 bridgehead atoms. The molecule has 1 aliphatic rings. The van der Waals surface area contributed by atoms with E-state index in [4.69, 9.17) is 4.42 Å². The zero-order valence-corrected chi connectivity index (χ0v) is 19.8. The van der Waals surface area contributed by atoms with Crippen LogP contribution in [0.2, 0.25) is 0 Å². The van der Waals surface area contributed by atoms with Gasteiger partial charge in [0.25, 0.3) is 11.8 Å². The molecule has 0 aliphatic carbocycles. The van der Waals surface area contributed by atoms with Crippen molar-refractivity contribution in [2.45, 2.75) is 25.1 Å². The molecule has 1 aromatic carbocycles. The topological polar surface area (TPSA) is 95.7 Å². The maximum Gasteiger partial charge on any atom is 0.314 e. The summed E-state index contributed by atoms with van der Waals surface area (Å²) in [6, 6.07) is 11.7. The first-order chi connectivity index (χ1) is 17.2. The van der Waals surface area contributed by atoms with Crippen molar-refractivity contribution in [2.24, 2.45) is 0 Å². The molecule has 1 saturated heterocycles. The van der Waals surface area contributed by atoms with Crippen molar-refractivity contribution >= 4 is 17.5 Å². The number of rotatable bonds is 9. The highest BCUT2D eigenvalue weighted by atomic mass is 19.3. The van der Waals surface area contributed by atoms with Gasteiger partial charge < -0.3 is 19.1 Å². The molecular weight excluding hydrogens is 477 g/mol. The quantitative estimate of drug-likeness (QED) is 0.444. The minimum Gasteiger partial charge on any atom is -0.415 e. The van der Waals surface area contributed by atoms with Crippen molar-refractivity contribution in [3.8, 4) is 11.5 Å². The van der Waals surface area contributed by atoms with E-state index in [9.17, 15) is 18.4 Å². The molecule has 3 heterocycles. The Balaban J connectivity index is 1.48. The SMILES string of the molecule is CN(C)CCC(=O)N1CC(F)(C(=O)N(Cc2ccc(-c3nnc(C(F)F)o3)cn2)c2ccccc2)C1. The lowest BCUT2D eigenvalue weighted by Crippen LogP contribution is -2.68. The van der Waals surface area contributed by atoms with E-state index in [2.05, 4.69) is 15.2 Å². The maximum atomic E-state index is 15.6. The number of carbonyl (C=O) groups is 2. The molecule has 0 spiro atoms. The van der Waals surface area contributed by atoms with Crippen LogP contribution >= 0.6 is 0 Å². The monoisotopic (exact) mass is 502 g/mol. The molecule has 0 N–H and O–H groups in total. The van der Waals surface area contributed by atoms with Crippen LogP contribution in [0.5, 0.6) is 0 Å². The number of amides is 2. The zero-order valence-electron chi connectivity index (χ0n) is 19.8. The summed E-state index contributed by atoms with van der Waals surface area (Å²) in [5.74, 6) is -1.88. The largest absolute Gasteiger partial charge is 0.415 e. The third-order valence-electron chi connectivity index (χ3n) is 5.72. The first kappa shape index (κ1) is 25.3. The minimum absolute atomic E-state index is 0.0461. The number of carbonyl (C=O) groups excluding carboxylic acids is 2. The number of likely N-dealkylation sites (tertiary alicyclic amines) is 1. The van der Waals surface area contributed by atoms with E-state index in [-0.39, 0.29) is 37.9 Å². The average molecular weight is 502 g/mol. The fraction of sp³-hybridized carbons (Fsp3) is 0.375. The summed E-state index contributed by atoms with van der Waals surface area (Å²) in [6.07, 6.45) is -1.29. The molecule has 0 saturated carbocycles. The molecule has 0 atom stereocenters. The molecular formula is C24H25F3N6O3. The summed E-state index contributed by atoms with van der Waals surface area (Å²) in [7, 11) is 3.68. The fourth-order valence-corrected chi connectivity index (χ4v) is 3.72. The van der Waals surface area contributed by atoms with Crippen LogP contribution in [0.4, 0.5) is 18.9 Å². The summed E-state index contributed by atoms with van der Waals surface area (Å²) in [5, 5.41) is 6.87. The van der Waals surface area contributed by atoms with Crippen LogP contribution in [0.3, 0.4) is 0 Å². The minimum atomic E-state index is -2.89. The Morgan fingerprint density at radius 2 is 1.83 bits per heavy atom. The number of halogens is 3. The molecule has 9 nitrogen and oxygen atoms in total. The number of benzene rings is 1. The van der Waals surface area contributed by atoms with E-state index >= 15 is 4.39 Å². The standard InChI is InChI=1S/C24H25F3N6O3/c1-31(2)11-10-19(34)32-14-24(27,15-32)23(35)33(18-6-4-3-5-7-18)13-17-9-8-16(12-28-17)21-29-30-22(36-21)20(25)26/h3-9,12,20H,10-11,13-15H2,1-2H3. The Bertz CT molecular complexity index is 1200. The van der Waals surface area contributed by atoms with Gasteiger partial charge in [0.1, 0.15) is 0 Å². The van der Waals surface area contributed by atoms with Crippen LogP contribution in [0.25, 0.3) is 11.5 Å². The summed E-state index contributed by atoms with van der Waals surface area (Å²) < 4.78 is 45.9. The zero-order chi connectivity index (χ0) is 25.9. The van der Waals surface area contributed by atoms with Crippen LogP contribution in [0.1, 0.15) is 24.4 Å². The number of hydrogen-bond acceptors (Lipinski definition) is 7. The normalized spacial score (nSPS) is 14.7. The summed E-state index contributed by atoms with van der Waals surface area (Å²) >= 11 is 0. The Hall–Kier alpha value is -3.80. The molecule has 4 rings (SSSR count). The van der Waals surface area contributed by atoms with Crippen LogP contribution in [-0.2, 0) is 16.1 Å². The molecule has 36 heavy (non-hydrogen) atoms. The molecule has 0 unspecified atom stereocenters. The number of aromatic nitrogens is 3. The predicted molar refractivity (Wildman–Crippen MR) is 124 cm³/mol. The first-order valence-electron chi connectivity index (χ1n) is 11.2. The Morgan fingerprint density at radius 1 is 1.11 bits per heavy atom. The maximum absolute atomic E-state index is 15.6. The third kappa shape index (κ3) is 5.54. The van der Waals surface area contributed by atoms with Crippen LogP contribution < -0.4 is 4.90 Å². The van der Waals surface area contributed by atoms with E-state index in [0.717, 1.165) is 0 Å². The van der Waals surface area contributed by atoms with Gasteiger partial charge in [-0.2, -0.15) is 8.78 Å². The molecule has 190 valence electrons. The average Bonchev–Trinajstić information content (AvgIpc) is 3.35. The number of pyridine rings is 1. The number of nitrogens with zero attached hydrogens (tertiary/aromatic N) is 6. The lowest BCUT2D eigenvalue weighted by Gasteiger charge is -2.45. The molecule has 1 aliphatic heterocycles. The van der Waals surface area contributed by atoms with Crippen molar-refractivity contribution in [1.82, 2.24) is 25.0 Å². The van der Waals surface area contributed by atoms with Gasteiger partial charge in [-0.05, 0) is 38.4 Å². The van der Waals surface area contributed by atoms with Gasteiger partial charge in [0.2, 0.25) is 17.5 Å². The molecule has 1 fully saturated rings. The van der Waals surface area contributed by atoms with Crippen LogP contribution in [0.15, 0.2) is 53.1 Å². The van der Waals surface area contributed by atoms with Gasteiger partial charge >= 0.3 is 6.43 Å². The predicted octanol–water partition coefficient (Wildman–Crippen LogP) is 3.10. The lowest BCUT2D eigenvalue weighted by atomic mass is 9.93. The highest BCUT2D eigenvalue weighted by Gasteiger charge is 2.53. The van der Waals surface area contributed by atoms with E-state index < -0.39 is 23.9 Å². The summed E-state index contributed by atoms with van der Waals surface area (Å²) in [4.78, 5) is 34.4. The van der Waals surface area contributed by atoms with Crippen LogP contribution in [-0.4, -0.2) is 76.2 Å². The van der Waals surface area contributed by atoms with Crippen LogP contribution in [0, 0.1) is 0 Å². The number of para-hydroxylation sites is 1. The second-order valence-electron chi connectivity index (χ2n) is 8.78. The van der Waals surface area contributed by atoms with Crippen molar-refractivity contribution in [1.29, 1.82) is 0 Å². The summed E-state index contributed by atoms with van der Waals surface area (Å²) in [6.45, 7) is -0.127. The van der Waals surface area contributed by atoms with Gasteiger partial charge in [0, 0.05) is 24.8 Å². The van der Waals surface area contributed by atoms with Gasteiger partial charge in [-0.1, -0.05) is 18.2 Å². The van der Waals surface area contributed by atoms with Gasteiger partial charge in [0.15, 0.2) is 0 Å². The van der Waals surface area contributed by atoms with E-state index in [1.807, 2.05) is 19.0 Å². The Labute approximate surface area is 205 Å². The molecule has 12 heteroatoms. The number of hydrogen-bond donors (Lipinski definition) is 0. The lowest BCUT2D eigenvalue weighted by molar-refractivity contribution is -0.155. The second-order valence-corrected chi connectivity index (χ2v) is 8.78. The molecule has 3 aromatic rings. The number of anilines is 1. The molecule has 0 radical (unpaired) electrons. The number of alkyl halides is 3. The first-order valence-corrected chi connectivity index (χ1v) is 11.2. The van der Waals surface area contributed by atoms with Gasteiger partial charge in [-0.15, -0.1) is 10.2 Å². The van der Waals surface area contributed by atoms with Crippen molar-refractivity contribution < 1.29 is 27.2 Å². The van der Waals surface area contributed by atoms with E-state index in [0.29, 0.717) is 23.5 Å². The van der Waals surface area contributed by atoms with Crippen molar-refractivity contribution in [2.75, 3.05) is 38.6 Å². The van der Waals surface area contributed by atoms with Gasteiger partial charge in [-0.3, -0.25) is 14.6 Å². The smallest absolute Gasteiger partial charge is 0.314 e. The second kappa shape index (κ2) is 10.4. The molecule has 2 amide bonds. The highest BCUT2D eigenvalue weighted by molar-refractivity contribution is 6.01. The van der Waals surface area contributed by atoms with Gasteiger partial charge in [-0.25, -0.2) is 4.39 Å². The van der Waals surface area contributed by atoms with Crippen molar-refractivity contribution in [3.63, 3.8) is 0 Å². The fourth-order valence-electron chi connectivity index (χ4n) is 3.72.